The molecule has 0 fully saturated rings. The third-order valence-electron chi connectivity index (χ3n) is 1.87. The highest BCUT2D eigenvalue weighted by atomic mass is 16.5. The maximum absolute atomic E-state index is 11.6. The van der Waals surface area contributed by atoms with Crippen LogP contribution in [0.25, 0.3) is 0 Å². The van der Waals surface area contributed by atoms with Crippen molar-refractivity contribution in [3.8, 4) is 5.75 Å². The maximum atomic E-state index is 11.6. The van der Waals surface area contributed by atoms with E-state index in [2.05, 4.69) is 22.9 Å². The van der Waals surface area contributed by atoms with Gasteiger partial charge in [-0.25, -0.2) is 9.78 Å². The molecule has 0 aliphatic carbocycles. The Morgan fingerprint density at radius 3 is 2.82 bits per heavy atom. The first kappa shape index (κ1) is 12.7. The summed E-state index contributed by atoms with van der Waals surface area (Å²) >= 11 is 0. The van der Waals surface area contributed by atoms with Gasteiger partial charge < -0.3 is 9.84 Å². The first-order valence-electron chi connectivity index (χ1n) is 4.79. The lowest BCUT2D eigenvalue weighted by atomic mass is 10.3. The van der Waals surface area contributed by atoms with Crippen LogP contribution < -0.4 is 5.56 Å². The molecule has 6 nitrogen and oxygen atoms in total. The second-order valence-corrected chi connectivity index (χ2v) is 3.08. The SMILES string of the molecule is C=CCOC(=O)c1ncn(CC=C)c(=O)c1O. The van der Waals surface area contributed by atoms with Gasteiger partial charge in [0.05, 0.1) is 6.33 Å². The number of carbonyl (C=O) groups excluding carboxylic acids is 1. The Morgan fingerprint density at radius 2 is 2.24 bits per heavy atom. The smallest absolute Gasteiger partial charge is 0.361 e. The molecule has 0 aliphatic heterocycles. The molecule has 6 heteroatoms. The van der Waals surface area contributed by atoms with Gasteiger partial charge in [-0.3, -0.25) is 9.36 Å². The summed E-state index contributed by atoms with van der Waals surface area (Å²) in [7, 11) is 0. The highest BCUT2D eigenvalue weighted by Crippen LogP contribution is 2.08. The number of nitrogens with zero attached hydrogens (tertiary/aromatic N) is 2. The summed E-state index contributed by atoms with van der Waals surface area (Å²) in [5, 5.41) is 9.52. The Labute approximate surface area is 97.5 Å². The van der Waals surface area contributed by atoms with Gasteiger partial charge in [0.2, 0.25) is 5.75 Å². The molecular formula is C11H12N2O4. The fraction of sp³-hybridized carbons (Fsp3) is 0.182. The number of rotatable bonds is 5. The normalized spacial score (nSPS) is 9.65. The maximum Gasteiger partial charge on any atom is 0.361 e. The Bertz CT molecular complexity index is 505. The van der Waals surface area contributed by atoms with E-state index in [-0.39, 0.29) is 13.2 Å². The molecular weight excluding hydrogens is 224 g/mol. The minimum atomic E-state index is -0.870. The van der Waals surface area contributed by atoms with E-state index in [4.69, 9.17) is 0 Å². The number of carbonyl (C=O) groups is 1. The molecule has 0 saturated heterocycles. The Hall–Kier alpha value is -2.37. The van der Waals surface area contributed by atoms with Crippen LogP contribution >= 0.6 is 0 Å². The van der Waals surface area contributed by atoms with Gasteiger partial charge in [-0.1, -0.05) is 18.7 Å². The number of hydrogen-bond donors (Lipinski definition) is 1. The fourth-order valence-electron chi connectivity index (χ4n) is 1.10. The van der Waals surface area contributed by atoms with Crippen molar-refractivity contribution >= 4 is 5.97 Å². The summed E-state index contributed by atoms with van der Waals surface area (Å²) < 4.78 is 5.78. The van der Waals surface area contributed by atoms with E-state index in [0.29, 0.717) is 0 Å². The standard InChI is InChI=1S/C11H12N2O4/c1-3-5-13-7-12-8(9(14)10(13)15)11(16)17-6-4-2/h3-4,7,14H,1-2,5-6H2. The predicted molar refractivity (Wildman–Crippen MR) is 60.8 cm³/mol. The minimum absolute atomic E-state index is 0.0182. The average Bonchev–Trinajstić information content (AvgIpc) is 2.32. The lowest BCUT2D eigenvalue weighted by Gasteiger charge is -2.05. The molecule has 0 aromatic carbocycles. The average molecular weight is 236 g/mol. The van der Waals surface area contributed by atoms with Crippen LogP contribution in [0.1, 0.15) is 10.5 Å². The zero-order chi connectivity index (χ0) is 12.8. The zero-order valence-corrected chi connectivity index (χ0v) is 9.13. The van der Waals surface area contributed by atoms with E-state index in [1.807, 2.05) is 0 Å². The van der Waals surface area contributed by atoms with Crippen molar-refractivity contribution in [2.45, 2.75) is 6.54 Å². The van der Waals surface area contributed by atoms with Gasteiger partial charge >= 0.3 is 5.97 Å². The van der Waals surface area contributed by atoms with E-state index >= 15 is 0 Å². The van der Waals surface area contributed by atoms with Crippen LogP contribution in [0, 0.1) is 0 Å². The molecule has 0 unspecified atom stereocenters. The predicted octanol–water partition coefficient (Wildman–Crippen LogP) is 0.478. The highest BCUT2D eigenvalue weighted by Gasteiger charge is 2.18. The van der Waals surface area contributed by atoms with Crippen LogP contribution in [0.15, 0.2) is 36.4 Å². The number of aromatic hydroxyl groups is 1. The van der Waals surface area contributed by atoms with E-state index in [1.165, 1.54) is 12.2 Å². The molecule has 0 aliphatic rings. The van der Waals surface area contributed by atoms with Crippen molar-refractivity contribution < 1.29 is 14.6 Å². The van der Waals surface area contributed by atoms with E-state index in [1.54, 1.807) is 0 Å². The number of allylic oxidation sites excluding steroid dienone is 1. The molecule has 0 saturated carbocycles. The van der Waals surface area contributed by atoms with Crippen LogP contribution in [0.2, 0.25) is 0 Å². The lowest BCUT2D eigenvalue weighted by Crippen LogP contribution is -2.23. The third-order valence-corrected chi connectivity index (χ3v) is 1.87. The van der Waals surface area contributed by atoms with Gasteiger partial charge in [-0.15, -0.1) is 6.58 Å². The van der Waals surface area contributed by atoms with Crippen molar-refractivity contribution in [2.75, 3.05) is 6.61 Å². The van der Waals surface area contributed by atoms with E-state index in [0.717, 1.165) is 10.9 Å². The second kappa shape index (κ2) is 5.64. The minimum Gasteiger partial charge on any atom is -0.501 e. The highest BCUT2D eigenvalue weighted by molar-refractivity contribution is 5.89. The van der Waals surface area contributed by atoms with Crippen LogP contribution in [-0.2, 0) is 11.3 Å². The molecule has 1 N–H and O–H groups in total. The largest absolute Gasteiger partial charge is 0.501 e. The van der Waals surface area contributed by atoms with Crippen molar-refractivity contribution in [1.29, 1.82) is 0 Å². The fourth-order valence-corrected chi connectivity index (χ4v) is 1.10. The lowest BCUT2D eigenvalue weighted by molar-refractivity contribution is 0.0538. The van der Waals surface area contributed by atoms with Gasteiger partial charge in [-0.05, 0) is 0 Å². The van der Waals surface area contributed by atoms with Crippen LogP contribution in [0.4, 0.5) is 0 Å². The van der Waals surface area contributed by atoms with Gasteiger partial charge in [0.1, 0.15) is 6.61 Å². The summed E-state index contributed by atoms with van der Waals surface area (Å²) in [6, 6.07) is 0. The topological polar surface area (TPSA) is 81.4 Å². The van der Waals surface area contributed by atoms with Crippen LogP contribution in [0.5, 0.6) is 5.75 Å². The van der Waals surface area contributed by atoms with Crippen LogP contribution in [-0.4, -0.2) is 27.2 Å². The van der Waals surface area contributed by atoms with Gasteiger partial charge in [0, 0.05) is 6.54 Å². The monoisotopic (exact) mass is 236 g/mol. The quantitative estimate of drug-likeness (QED) is 0.594. The molecule has 0 amide bonds. The van der Waals surface area contributed by atoms with Gasteiger partial charge in [0.25, 0.3) is 5.56 Å². The van der Waals surface area contributed by atoms with Crippen molar-refractivity contribution in [1.82, 2.24) is 9.55 Å². The van der Waals surface area contributed by atoms with E-state index < -0.39 is 23.0 Å². The Balaban J connectivity index is 3.07. The van der Waals surface area contributed by atoms with Crippen LogP contribution in [0.3, 0.4) is 0 Å². The summed E-state index contributed by atoms with van der Waals surface area (Å²) in [5.41, 5.74) is -1.12. The van der Waals surface area contributed by atoms with Gasteiger partial charge in [0.15, 0.2) is 5.69 Å². The molecule has 1 aromatic heterocycles. The summed E-state index contributed by atoms with van der Waals surface area (Å²) in [6.07, 6.45) is 3.99. The third kappa shape index (κ3) is 2.81. The molecule has 1 aromatic rings. The molecule has 0 radical (unpaired) electrons. The molecule has 17 heavy (non-hydrogen) atoms. The molecule has 0 atom stereocenters. The van der Waals surface area contributed by atoms with Crippen molar-refractivity contribution in [3.05, 3.63) is 47.7 Å². The van der Waals surface area contributed by atoms with Gasteiger partial charge in [-0.2, -0.15) is 0 Å². The summed E-state index contributed by atoms with van der Waals surface area (Å²) in [6.45, 7) is 7.00. The molecule has 1 heterocycles. The molecule has 0 spiro atoms. The molecule has 0 bridgehead atoms. The first-order valence-corrected chi connectivity index (χ1v) is 4.79. The van der Waals surface area contributed by atoms with Crippen molar-refractivity contribution in [2.24, 2.45) is 0 Å². The number of esters is 1. The Kier molecular flexibility index (Phi) is 4.21. The molecule has 90 valence electrons. The zero-order valence-electron chi connectivity index (χ0n) is 9.13. The summed E-state index contributed by atoms with van der Waals surface area (Å²) in [4.78, 5) is 26.6. The second-order valence-electron chi connectivity index (χ2n) is 3.08. The molecule has 1 rings (SSSR count). The van der Waals surface area contributed by atoms with E-state index in [9.17, 15) is 14.7 Å². The number of aromatic nitrogens is 2. The summed E-state index contributed by atoms with van der Waals surface area (Å²) in [5.74, 6) is -1.60. The van der Waals surface area contributed by atoms with Crippen molar-refractivity contribution in [3.63, 3.8) is 0 Å². The number of hydrogen-bond acceptors (Lipinski definition) is 5. The Morgan fingerprint density at radius 1 is 1.53 bits per heavy atom. The first-order chi connectivity index (χ1) is 8.11. The number of ether oxygens (including phenoxy) is 1.